The normalized spacial score (nSPS) is 10.8. The summed E-state index contributed by atoms with van der Waals surface area (Å²) in [6, 6.07) is 16.4. The standard InChI is InChI=1S/C22H25FN4O/c1-15(2)28-19-10-8-18(9-11-19)26-21-14-16(3)25-22(27-21)24-13-12-17-6-4-5-7-20(17)23/h4-11,14-15H,12-13H2,1-3H3,(H2,24,25,26,27). The van der Waals surface area contributed by atoms with Crippen molar-refractivity contribution in [1.82, 2.24) is 9.97 Å². The molecule has 1 aromatic heterocycles. The molecule has 1 heterocycles. The molecule has 0 bridgehead atoms. The number of halogens is 1. The van der Waals surface area contributed by atoms with E-state index in [-0.39, 0.29) is 11.9 Å². The molecule has 0 aliphatic carbocycles. The number of rotatable bonds is 8. The number of hydrogen-bond donors (Lipinski definition) is 2. The van der Waals surface area contributed by atoms with Crippen molar-refractivity contribution in [2.24, 2.45) is 0 Å². The largest absolute Gasteiger partial charge is 0.491 e. The molecule has 2 aromatic carbocycles. The van der Waals surface area contributed by atoms with Gasteiger partial charge < -0.3 is 15.4 Å². The molecule has 3 rings (SSSR count). The molecular weight excluding hydrogens is 355 g/mol. The second-order valence-electron chi connectivity index (χ2n) is 6.80. The van der Waals surface area contributed by atoms with Gasteiger partial charge >= 0.3 is 0 Å². The number of nitrogens with zero attached hydrogens (tertiary/aromatic N) is 2. The Morgan fingerprint density at radius 1 is 1.04 bits per heavy atom. The van der Waals surface area contributed by atoms with Crippen molar-refractivity contribution in [1.29, 1.82) is 0 Å². The zero-order chi connectivity index (χ0) is 19.9. The first-order valence-corrected chi connectivity index (χ1v) is 9.36. The Kier molecular flexibility index (Phi) is 6.42. The summed E-state index contributed by atoms with van der Waals surface area (Å²) in [6.07, 6.45) is 0.700. The van der Waals surface area contributed by atoms with Crippen molar-refractivity contribution >= 4 is 17.5 Å². The van der Waals surface area contributed by atoms with Gasteiger partial charge in [0.2, 0.25) is 5.95 Å². The molecule has 2 N–H and O–H groups in total. The van der Waals surface area contributed by atoms with Crippen LogP contribution in [0.15, 0.2) is 54.6 Å². The van der Waals surface area contributed by atoms with Crippen LogP contribution < -0.4 is 15.4 Å². The summed E-state index contributed by atoms with van der Waals surface area (Å²) >= 11 is 0. The van der Waals surface area contributed by atoms with Crippen LogP contribution in [0.3, 0.4) is 0 Å². The molecule has 28 heavy (non-hydrogen) atoms. The highest BCUT2D eigenvalue weighted by atomic mass is 19.1. The van der Waals surface area contributed by atoms with Crippen LogP contribution in [0.2, 0.25) is 0 Å². The lowest BCUT2D eigenvalue weighted by Crippen LogP contribution is -2.10. The van der Waals surface area contributed by atoms with Gasteiger partial charge in [0.25, 0.3) is 0 Å². The molecule has 146 valence electrons. The van der Waals surface area contributed by atoms with E-state index in [1.54, 1.807) is 12.1 Å². The summed E-state index contributed by atoms with van der Waals surface area (Å²) in [7, 11) is 0. The summed E-state index contributed by atoms with van der Waals surface area (Å²) in [5.41, 5.74) is 2.42. The molecule has 0 amide bonds. The molecule has 0 aliphatic heterocycles. The predicted molar refractivity (Wildman–Crippen MR) is 111 cm³/mol. The summed E-state index contributed by atoms with van der Waals surface area (Å²) in [6.45, 7) is 6.45. The molecule has 0 unspecified atom stereocenters. The fraction of sp³-hybridized carbons (Fsp3) is 0.273. The van der Waals surface area contributed by atoms with E-state index in [1.807, 2.05) is 57.2 Å². The van der Waals surface area contributed by atoms with E-state index in [4.69, 9.17) is 4.74 Å². The highest BCUT2D eigenvalue weighted by molar-refractivity contribution is 5.58. The summed E-state index contributed by atoms with van der Waals surface area (Å²) in [5, 5.41) is 6.45. The van der Waals surface area contributed by atoms with E-state index in [1.165, 1.54) is 6.07 Å². The average molecular weight is 380 g/mol. The Hall–Kier alpha value is -3.15. The van der Waals surface area contributed by atoms with Crippen molar-refractivity contribution in [3.8, 4) is 5.75 Å². The maximum atomic E-state index is 13.7. The minimum atomic E-state index is -0.193. The molecule has 0 saturated carbocycles. The van der Waals surface area contributed by atoms with Gasteiger partial charge in [-0.1, -0.05) is 18.2 Å². The Bertz CT molecular complexity index is 913. The van der Waals surface area contributed by atoms with Gasteiger partial charge in [0, 0.05) is 24.0 Å². The van der Waals surface area contributed by atoms with E-state index >= 15 is 0 Å². The number of nitrogens with one attached hydrogen (secondary N) is 2. The first kappa shape index (κ1) is 19.6. The highest BCUT2D eigenvalue weighted by Crippen LogP contribution is 2.21. The minimum absolute atomic E-state index is 0.140. The molecule has 0 fully saturated rings. The second kappa shape index (κ2) is 9.17. The molecule has 6 heteroatoms. The van der Waals surface area contributed by atoms with E-state index < -0.39 is 0 Å². The van der Waals surface area contributed by atoms with Crippen molar-refractivity contribution in [2.75, 3.05) is 17.2 Å². The van der Waals surface area contributed by atoms with Crippen LogP contribution in [0.4, 0.5) is 21.8 Å². The number of benzene rings is 2. The third kappa shape index (κ3) is 5.67. The van der Waals surface area contributed by atoms with E-state index in [2.05, 4.69) is 20.6 Å². The topological polar surface area (TPSA) is 59.1 Å². The lowest BCUT2D eigenvalue weighted by atomic mass is 10.1. The lowest BCUT2D eigenvalue weighted by Gasteiger charge is -2.12. The number of hydrogen-bond acceptors (Lipinski definition) is 5. The second-order valence-corrected chi connectivity index (χ2v) is 6.80. The van der Waals surface area contributed by atoms with Crippen LogP contribution in [-0.2, 0) is 6.42 Å². The summed E-state index contributed by atoms with van der Waals surface area (Å²) in [4.78, 5) is 8.89. The van der Waals surface area contributed by atoms with Crippen molar-refractivity contribution in [2.45, 2.75) is 33.3 Å². The Morgan fingerprint density at radius 3 is 2.50 bits per heavy atom. The van der Waals surface area contributed by atoms with Gasteiger partial charge in [-0.05, 0) is 63.1 Å². The van der Waals surface area contributed by atoms with Crippen LogP contribution in [0.25, 0.3) is 0 Å². The van der Waals surface area contributed by atoms with Crippen molar-refractivity contribution in [3.05, 3.63) is 71.7 Å². The maximum absolute atomic E-state index is 13.7. The third-order valence-corrected chi connectivity index (χ3v) is 3.99. The zero-order valence-corrected chi connectivity index (χ0v) is 16.4. The van der Waals surface area contributed by atoms with Gasteiger partial charge in [0.15, 0.2) is 0 Å². The number of ether oxygens (including phenoxy) is 1. The van der Waals surface area contributed by atoms with Gasteiger partial charge in [-0.15, -0.1) is 0 Å². The van der Waals surface area contributed by atoms with Crippen LogP contribution in [0.1, 0.15) is 25.1 Å². The van der Waals surface area contributed by atoms with Crippen molar-refractivity contribution < 1.29 is 9.13 Å². The monoisotopic (exact) mass is 380 g/mol. The SMILES string of the molecule is Cc1cc(Nc2ccc(OC(C)C)cc2)nc(NCCc2ccccc2F)n1. The quantitative estimate of drug-likeness (QED) is 0.569. The smallest absolute Gasteiger partial charge is 0.224 e. The maximum Gasteiger partial charge on any atom is 0.224 e. The molecule has 0 spiro atoms. The van der Waals surface area contributed by atoms with E-state index in [9.17, 15) is 4.39 Å². The van der Waals surface area contributed by atoms with Crippen LogP contribution >= 0.6 is 0 Å². The molecule has 0 radical (unpaired) electrons. The highest BCUT2D eigenvalue weighted by Gasteiger charge is 2.05. The predicted octanol–water partition coefficient (Wildman–Crippen LogP) is 5.11. The molecule has 0 atom stereocenters. The molecule has 5 nitrogen and oxygen atoms in total. The van der Waals surface area contributed by atoms with Gasteiger partial charge in [-0.25, -0.2) is 9.37 Å². The van der Waals surface area contributed by atoms with Gasteiger partial charge in [0.1, 0.15) is 17.4 Å². The fourth-order valence-corrected chi connectivity index (χ4v) is 2.76. The lowest BCUT2D eigenvalue weighted by molar-refractivity contribution is 0.242. The van der Waals surface area contributed by atoms with Crippen LogP contribution in [0, 0.1) is 12.7 Å². The summed E-state index contributed by atoms with van der Waals surface area (Å²) in [5.74, 6) is 1.84. The first-order chi connectivity index (χ1) is 13.5. The summed E-state index contributed by atoms with van der Waals surface area (Å²) < 4.78 is 19.4. The molecule has 0 aliphatic rings. The Balaban J connectivity index is 1.62. The van der Waals surface area contributed by atoms with Gasteiger partial charge in [-0.3, -0.25) is 0 Å². The third-order valence-electron chi connectivity index (χ3n) is 3.99. The van der Waals surface area contributed by atoms with Crippen LogP contribution in [-0.4, -0.2) is 22.6 Å². The Morgan fingerprint density at radius 2 is 1.79 bits per heavy atom. The number of aryl methyl sites for hydroxylation is 1. The number of anilines is 3. The molecular formula is C22H25FN4O. The van der Waals surface area contributed by atoms with Gasteiger partial charge in [0.05, 0.1) is 6.10 Å². The fourth-order valence-electron chi connectivity index (χ4n) is 2.76. The number of aromatic nitrogens is 2. The molecule has 0 saturated heterocycles. The molecule has 3 aromatic rings. The van der Waals surface area contributed by atoms with Crippen molar-refractivity contribution in [3.63, 3.8) is 0 Å². The average Bonchev–Trinajstić information content (AvgIpc) is 2.64. The van der Waals surface area contributed by atoms with Crippen LogP contribution in [0.5, 0.6) is 5.75 Å². The van der Waals surface area contributed by atoms with Gasteiger partial charge in [-0.2, -0.15) is 4.98 Å². The first-order valence-electron chi connectivity index (χ1n) is 9.36. The zero-order valence-electron chi connectivity index (χ0n) is 16.4. The minimum Gasteiger partial charge on any atom is -0.491 e. The Labute approximate surface area is 165 Å². The van der Waals surface area contributed by atoms with E-state index in [0.717, 1.165) is 17.1 Å². The van der Waals surface area contributed by atoms with E-state index in [0.29, 0.717) is 30.3 Å².